The van der Waals surface area contributed by atoms with Crippen LogP contribution in [0.3, 0.4) is 0 Å². The second-order valence-corrected chi connectivity index (χ2v) is 5.35. The summed E-state index contributed by atoms with van der Waals surface area (Å²) < 4.78 is 5.83. The van der Waals surface area contributed by atoms with Crippen molar-refractivity contribution in [2.24, 2.45) is 5.92 Å². The van der Waals surface area contributed by atoms with E-state index in [4.69, 9.17) is 10.5 Å². The second kappa shape index (κ2) is 6.75. The molecule has 1 atom stereocenters. The lowest BCUT2D eigenvalue weighted by molar-refractivity contribution is 0.0933. The molecular formula is C13H19BrN2O2. The zero-order valence-corrected chi connectivity index (χ0v) is 12.5. The molecule has 1 amide bonds. The third kappa shape index (κ3) is 3.99. The van der Waals surface area contributed by atoms with E-state index in [2.05, 4.69) is 21.2 Å². The number of hydrogen-bond acceptors (Lipinski definition) is 3. The van der Waals surface area contributed by atoms with Crippen molar-refractivity contribution in [1.82, 2.24) is 5.32 Å². The molecular weight excluding hydrogens is 296 g/mol. The Bertz CT molecular complexity index is 435. The summed E-state index contributed by atoms with van der Waals surface area (Å²) >= 11 is 3.34. The summed E-state index contributed by atoms with van der Waals surface area (Å²) in [6.45, 7) is 5.07. The van der Waals surface area contributed by atoms with Gasteiger partial charge in [0.2, 0.25) is 0 Å². The highest BCUT2D eigenvalue weighted by Gasteiger charge is 2.13. The molecule has 0 spiro atoms. The number of amides is 1. The van der Waals surface area contributed by atoms with Crippen LogP contribution in [0.15, 0.2) is 16.6 Å². The molecule has 1 unspecified atom stereocenters. The number of methoxy groups -OCH3 is 1. The van der Waals surface area contributed by atoms with Crippen LogP contribution in [0.1, 0.15) is 22.8 Å². The normalized spacial score (nSPS) is 12.2. The number of halogens is 1. The summed E-state index contributed by atoms with van der Waals surface area (Å²) in [7, 11) is 1.65. The zero-order chi connectivity index (χ0) is 13.7. The van der Waals surface area contributed by atoms with Crippen LogP contribution in [0.4, 0.5) is 5.69 Å². The van der Waals surface area contributed by atoms with Gasteiger partial charge in [-0.2, -0.15) is 0 Å². The number of nitrogens with two attached hydrogens (primary N) is 1. The highest BCUT2D eigenvalue weighted by Crippen LogP contribution is 2.22. The maximum absolute atomic E-state index is 12.1. The molecule has 0 aromatic heterocycles. The van der Waals surface area contributed by atoms with Crippen molar-refractivity contribution < 1.29 is 9.53 Å². The first-order valence-corrected chi connectivity index (χ1v) is 6.57. The number of nitrogens with one attached hydrogen (secondary N) is 1. The highest BCUT2D eigenvalue weighted by molar-refractivity contribution is 9.10. The fourth-order valence-corrected chi connectivity index (χ4v) is 2.12. The van der Waals surface area contributed by atoms with Crippen molar-refractivity contribution in [3.8, 4) is 0 Å². The van der Waals surface area contributed by atoms with Crippen LogP contribution in [0, 0.1) is 12.8 Å². The minimum absolute atomic E-state index is 0.108. The van der Waals surface area contributed by atoms with Gasteiger partial charge in [0.1, 0.15) is 0 Å². The van der Waals surface area contributed by atoms with Gasteiger partial charge in [-0.25, -0.2) is 0 Å². The van der Waals surface area contributed by atoms with E-state index >= 15 is 0 Å². The van der Waals surface area contributed by atoms with Crippen LogP contribution in [-0.2, 0) is 4.74 Å². The van der Waals surface area contributed by atoms with Gasteiger partial charge in [-0.1, -0.05) is 22.9 Å². The van der Waals surface area contributed by atoms with E-state index in [1.807, 2.05) is 13.8 Å². The lowest BCUT2D eigenvalue weighted by atomic mass is 10.1. The Morgan fingerprint density at radius 1 is 1.56 bits per heavy atom. The van der Waals surface area contributed by atoms with E-state index in [-0.39, 0.29) is 11.8 Å². The predicted molar refractivity (Wildman–Crippen MR) is 76.7 cm³/mol. The topological polar surface area (TPSA) is 64.3 Å². The van der Waals surface area contributed by atoms with E-state index in [1.165, 1.54) is 0 Å². The van der Waals surface area contributed by atoms with Gasteiger partial charge in [0, 0.05) is 29.4 Å². The Kier molecular flexibility index (Phi) is 5.62. The SMILES string of the molecule is COCC(C)CNC(=O)c1cc(Br)cc(N)c1C. The first-order chi connectivity index (χ1) is 8.45. The lowest BCUT2D eigenvalue weighted by Crippen LogP contribution is -2.30. The van der Waals surface area contributed by atoms with Crippen LogP contribution in [0.5, 0.6) is 0 Å². The molecule has 3 N–H and O–H groups in total. The van der Waals surface area contributed by atoms with Gasteiger partial charge in [-0.05, 0) is 30.5 Å². The number of nitrogen functional groups attached to an aromatic ring is 1. The Balaban J connectivity index is 2.73. The van der Waals surface area contributed by atoms with Crippen molar-refractivity contribution in [3.05, 3.63) is 27.7 Å². The maximum Gasteiger partial charge on any atom is 0.251 e. The molecule has 5 heteroatoms. The summed E-state index contributed by atoms with van der Waals surface area (Å²) in [6, 6.07) is 3.57. The van der Waals surface area contributed by atoms with Gasteiger partial charge in [0.25, 0.3) is 5.91 Å². The van der Waals surface area contributed by atoms with E-state index in [1.54, 1.807) is 19.2 Å². The number of carbonyl (C=O) groups excluding carboxylic acids is 1. The molecule has 4 nitrogen and oxygen atoms in total. The number of anilines is 1. The van der Waals surface area contributed by atoms with Gasteiger partial charge >= 0.3 is 0 Å². The average Bonchev–Trinajstić information content (AvgIpc) is 2.31. The van der Waals surface area contributed by atoms with E-state index in [0.29, 0.717) is 24.4 Å². The standard InChI is InChI=1S/C13H19BrN2O2/c1-8(7-18-3)6-16-13(17)11-4-10(14)5-12(15)9(11)2/h4-5,8H,6-7,15H2,1-3H3,(H,16,17). The highest BCUT2D eigenvalue weighted by atomic mass is 79.9. The lowest BCUT2D eigenvalue weighted by Gasteiger charge is -2.13. The summed E-state index contributed by atoms with van der Waals surface area (Å²) in [5.41, 5.74) is 7.85. The van der Waals surface area contributed by atoms with Crippen LogP contribution in [0.25, 0.3) is 0 Å². The van der Waals surface area contributed by atoms with Crippen LogP contribution < -0.4 is 11.1 Å². The molecule has 0 saturated carbocycles. The molecule has 0 saturated heterocycles. The molecule has 0 fully saturated rings. The first-order valence-electron chi connectivity index (χ1n) is 5.78. The number of ether oxygens (including phenoxy) is 1. The van der Waals surface area contributed by atoms with Crippen molar-refractivity contribution >= 4 is 27.5 Å². The van der Waals surface area contributed by atoms with Gasteiger partial charge < -0.3 is 15.8 Å². The molecule has 1 aromatic rings. The van der Waals surface area contributed by atoms with Crippen LogP contribution in [-0.4, -0.2) is 26.2 Å². The van der Waals surface area contributed by atoms with Gasteiger partial charge in [0.15, 0.2) is 0 Å². The van der Waals surface area contributed by atoms with Crippen molar-refractivity contribution in [1.29, 1.82) is 0 Å². The van der Waals surface area contributed by atoms with Crippen molar-refractivity contribution in [2.45, 2.75) is 13.8 Å². The fourth-order valence-electron chi connectivity index (χ4n) is 1.64. The molecule has 1 rings (SSSR count). The molecule has 0 aliphatic rings. The summed E-state index contributed by atoms with van der Waals surface area (Å²) in [5, 5.41) is 2.88. The van der Waals surface area contributed by atoms with E-state index in [0.717, 1.165) is 10.0 Å². The molecule has 0 aliphatic carbocycles. The van der Waals surface area contributed by atoms with Gasteiger partial charge in [0.05, 0.1) is 6.61 Å². The smallest absolute Gasteiger partial charge is 0.251 e. The quantitative estimate of drug-likeness (QED) is 0.820. The Morgan fingerprint density at radius 2 is 2.22 bits per heavy atom. The number of carbonyl (C=O) groups is 1. The predicted octanol–water partition coefficient (Wildman–Crippen LogP) is 2.35. The first kappa shape index (κ1) is 15.0. The minimum Gasteiger partial charge on any atom is -0.398 e. The maximum atomic E-state index is 12.1. The monoisotopic (exact) mass is 314 g/mol. The molecule has 100 valence electrons. The third-order valence-electron chi connectivity index (χ3n) is 2.72. The molecule has 0 aliphatic heterocycles. The Morgan fingerprint density at radius 3 is 2.83 bits per heavy atom. The van der Waals surface area contributed by atoms with Crippen LogP contribution in [0.2, 0.25) is 0 Å². The van der Waals surface area contributed by atoms with Crippen molar-refractivity contribution in [2.75, 3.05) is 26.0 Å². The molecule has 0 heterocycles. The molecule has 0 bridgehead atoms. The third-order valence-corrected chi connectivity index (χ3v) is 3.18. The number of benzene rings is 1. The zero-order valence-electron chi connectivity index (χ0n) is 10.9. The average molecular weight is 315 g/mol. The molecule has 0 radical (unpaired) electrons. The number of hydrogen-bond donors (Lipinski definition) is 2. The Labute approximate surface area is 116 Å². The second-order valence-electron chi connectivity index (χ2n) is 4.44. The molecule has 18 heavy (non-hydrogen) atoms. The summed E-state index contributed by atoms with van der Waals surface area (Å²) in [6.07, 6.45) is 0. The van der Waals surface area contributed by atoms with E-state index in [9.17, 15) is 4.79 Å². The van der Waals surface area contributed by atoms with Gasteiger partial charge in [-0.3, -0.25) is 4.79 Å². The van der Waals surface area contributed by atoms with Gasteiger partial charge in [-0.15, -0.1) is 0 Å². The summed E-state index contributed by atoms with van der Waals surface area (Å²) in [4.78, 5) is 12.1. The Hall–Kier alpha value is -1.07. The minimum atomic E-state index is -0.108. The largest absolute Gasteiger partial charge is 0.398 e. The summed E-state index contributed by atoms with van der Waals surface area (Å²) in [5.74, 6) is 0.173. The van der Waals surface area contributed by atoms with Crippen LogP contribution >= 0.6 is 15.9 Å². The van der Waals surface area contributed by atoms with Crippen molar-refractivity contribution in [3.63, 3.8) is 0 Å². The number of rotatable bonds is 5. The van der Waals surface area contributed by atoms with E-state index < -0.39 is 0 Å². The fraction of sp³-hybridized carbons (Fsp3) is 0.462. The molecule has 1 aromatic carbocycles.